The number of pyridine rings is 1. The molecule has 0 N–H and O–H groups in total. The van der Waals surface area contributed by atoms with Crippen molar-refractivity contribution in [3.63, 3.8) is 0 Å². The SMILES string of the molecule is O=S(=O)(c1ccccc1)n1c(I)cc2c(Cl)cc(Cl)nc21. The number of hydrogen-bond acceptors (Lipinski definition) is 3. The summed E-state index contributed by atoms with van der Waals surface area (Å²) < 4.78 is 27.2. The summed E-state index contributed by atoms with van der Waals surface area (Å²) in [4.78, 5) is 4.29. The molecule has 0 aliphatic rings. The van der Waals surface area contributed by atoms with Crippen LogP contribution in [-0.2, 0) is 10.0 Å². The highest BCUT2D eigenvalue weighted by molar-refractivity contribution is 14.1. The van der Waals surface area contributed by atoms with Crippen LogP contribution in [0.4, 0.5) is 0 Å². The van der Waals surface area contributed by atoms with Crippen molar-refractivity contribution in [2.45, 2.75) is 4.90 Å². The first kappa shape index (κ1) is 15.1. The Hall–Kier alpha value is -0.830. The predicted molar refractivity (Wildman–Crippen MR) is 91.5 cm³/mol. The minimum atomic E-state index is -3.76. The topological polar surface area (TPSA) is 52.0 Å². The van der Waals surface area contributed by atoms with Crippen LogP contribution in [0.1, 0.15) is 0 Å². The quantitative estimate of drug-likeness (QED) is 0.432. The molecular weight excluding hydrogens is 446 g/mol. The van der Waals surface area contributed by atoms with Crippen LogP contribution in [0.15, 0.2) is 47.4 Å². The smallest absolute Gasteiger partial charge is 0.217 e. The van der Waals surface area contributed by atoms with Gasteiger partial charge in [0.15, 0.2) is 5.65 Å². The number of benzene rings is 1. The van der Waals surface area contributed by atoms with E-state index in [1.165, 1.54) is 18.2 Å². The van der Waals surface area contributed by atoms with Gasteiger partial charge in [0, 0.05) is 5.39 Å². The van der Waals surface area contributed by atoms with Crippen molar-refractivity contribution in [1.29, 1.82) is 0 Å². The summed E-state index contributed by atoms with van der Waals surface area (Å²) in [5.41, 5.74) is 0.223. The zero-order valence-corrected chi connectivity index (χ0v) is 14.8. The van der Waals surface area contributed by atoms with Crippen LogP contribution in [0.25, 0.3) is 11.0 Å². The molecule has 0 unspecified atom stereocenters. The number of nitrogens with zero attached hydrogens (tertiary/aromatic N) is 2. The summed E-state index contributed by atoms with van der Waals surface area (Å²) >= 11 is 13.9. The van der Waals surface area contributed by atoms with E-state index in [1.807, 2.05) is 22.6 Å². The normalized spacial score (nSPS) is 12.0. The lowest BCUT2D eigenvalue weighted by Gasteiger charge is -2.08. The zero-order valence-electron chi connectivity index (χ0n) is 10.3. The second kappa shape index (κ2) is 5.42. The van der Waals surface area contributed by atoms with E-state index in [4.69, 9.17) is 23.2 Å². The summed E-state index contributed by atoms with van der Waals surface area (Å²) in [6.07, 6.45) is 0. The van der Waals surface area contributed by atoms with Gasteiger partial charge in [0.25, 0.3) is 10.0 Å². The number of halogens is 3. The number of hydrogen-bond donors (Lipinski definition) is 0. The van der Waals surface area contributed by atoms with Crippen molar-refractivity contribution in [1.82, 2.24) is 8.96 Å². The van der Waals surface area contributed by atoms with Gasteiger partial charge >= 0.3 is 0 Å². The molecule has 108 valence electrons. The van der Waals surface area contributed by atoms with Gasteiger partial charge in [0.2, 0.25) is 0 Å². The molecule has 21 heavy (non-hydrogen) atoms. The standard InChI is InChI=1S/C13H7Cl2IN2O2S/c14-10-7-11(15)17-13-9(10)6-12(16)18(13)21(19,20)8-4-2-1-3-5-8/h1-7H. The third kappa shape index (κ3) is 2.54. The van der Waals surface area contributed by atoms with Gasteiger partial charge in [0.05, 0.1) is 13.6 Å². The molecule has 0 fully saturated rings. The molecule has 4 nitrogen and oxygen atoms in total. The summed E-state index contributed by atoms with van der Waals surface area (Å²) in [6.45, 7) is 0. The Bertz CT molecular complexity index is 940. The molecule has 0 aliphatic carbocycles. The van der Waals surface area contributed by atoms with Crippen molar-refractivity contribution in [3.05, 3.63) is 56.3 Å². The van der Waals surface area contributed by atoms with Gasteiger partial charge in [-0.05, 0) is 46.9 Å². The van der Waals surface area contributed by atoms with Crippen molar-refractivity contribution < 1.29 is 8.42 Å². The van der Waals surface area contributed by atoms with Gasteiger partial charge in [0.1, 0.15) is 5.15 Å². The fraction of sp³-hybridized carbons (Fsp3) is 0. The van der Waals surface area contributed by atoms with E-state index in [0.717, 1.165) is 3.97 Å². The molecule has 0 bridgehead atoms. The molecule has 0 saturated carbocycles. The number of rotatable bonds is 2. The van der Waals surface area contributed by atoms with Gasteiger partial charge in [-0.3, -0.25) is 0 Å². The minimum absolute atomic E-state index is 0.145. The summed E-state index contributed by atoms with van der Waals surface area (Å²) in [5, 5.41) is 1.06. The molecule has 0 spiro atoms. The lowest BCUT2D eigenvalue weighted by Crippen LogP contribution is -2.14. The van der Waals surface area contributed by atoms with Crippen LogP contribution in [-0.4, -0.2) is 17.4 Å². The molecule has 3 rings (SSSR count). The lowest BCUT2D eigenvalue weighted by atomic mass is 10.3. The molecule has 0 radical (unpaired) electrons. The second-order valence-corrected chi connectivity index (χ2v) is 7.90. The van der Waals surface area contributed by atoms with Gasteiger partial charge in [-0.1, -0.05) is 41.4 Å². The van der Waals surface area contributed by atoms with Crippen molar-refractivity contribution in [3.8, 4) is 0 Å². The maximum absolute atomic E-state index is 12.8. The fourth-order valence-corrected chi connectivity index (χ4v) is 5.14. The second-order valence-electron chi connectivity index (χ2n) is 4.21. The number of fused-ring (bicyclic) bond motifs is 1. The van der Waals surface area contributed by atoms with E-state index in [9.17, 15) is 8.42 Å². The van der Waals surface area contributed by atoms with Crippen LogP contribution in [0.5, 0.6) is 0 Å². The van der Waals surface area contributed by atoms with Crippen LogP contribution in [0.3, 0.4) is 0 Å². The Morgan fingerprint density at radius 2 is 1.76 bits per heavy atom. The maximum Gasteiger partial charge on any atom is 0.270 e. The van der Waals surface area contributed by atoms with Gasteiger partial charge < -0.3 is 0 Å². The molecule has 0 atom stereocenters. The van der Waals surface area contributed by atoms with E-state index >= 15 is 0 Å². The van der Waals surface area contributed by atoms with Crippen molar-refractivity contribution in [2.24, 2.45) is 0 Å². The van der Waals surface area contributed by atoms with Gasteiger partial charge in [-0.25, -0.2) is 17.4 Å². The van der Waals surface area contributed by atoms with E-state index in [1.54, 1.807) is 24.3 Å². The largest absolute Gasteiger partial charge is 0.270 e. The molecule has 8 heteroatoms. The van der Waals surface area contributed by atoms with Crippen LogP contribution in [0, 0.1) is 3.70 Å². The third-order valence-electron chi connectivity index (χ3n) is 2.89. The molecule has 0 saturated heterocycles. The summed E-state index contributed by atoms with van der Waals surface area (Å²) in [5.74, 6) is 0. The van der Waals surface area contributed by atoms with E-state index < -0.39 is 10.0 Å². The third-order valence-corrected chi connectivity index (χ3v) is 6.23. The van der Waals surface area contributed by atoms with Crippen LogP contribution < -0.4 is 0 Å². The number of aromatic nitrogens is 2. The Morgan fingerprint density at radius 3 is 2.43 bits per heavy atom. The molecule has 0 aliphatic heterocycles. The fourth-order valence-electron chi connectivity index (χ4n) is 1.98. The average molecular weight is 453 g/mol. The lowest BCUT2D eigenvalue weighted by molar-refractivity contribution is 0.588. The molecule has 1 aromatic carbocycles. The molecule has 3 aromatic rings. The molecular formula is C13H7Cl2IN2O2S. The van der Waals surface area contributed by atoms with Crippen molar-refractivity contribution in [2.75, 3.05) is 0 Å². The van der Waals surface area contributed by atoms with E-state index in [2.05, 4.69) is 4.98 Å². The summed E-state index contributed by atoms with van der Waals surface area (Å²) in [7, 11) is -3.76. The predicted octanol–water partition coefficient (Wildman–Crippen LogP) is 4.18. The first-order valence-corrected chi connectivity index (χ1v) is 9.02. The highest BCUT2D eigenvalue weighted by atomic mass is 127. The van der Waals surface area contributed by atoms with Crippen molar-refractivity contribution >= 4 is 66.8 Å². The molecule has 2 aromatic heterocycles. The Balaban J connectivity index is 2.38. The Labute approximate surface area is 144 Å². The van der Waals surface area contributed by atoms with E-state index in [0.29, 0.717) is 14.1 Å². The van der Waals surface area contributed by atoms with Crippen LogP contribution >= 0.6 is 45.8 Å². The zero-order chi connectivity index (χ0) is 15.2. The molecule has 2 heterocycles. The minimum Gasteiger partial charge on any atom is -0.217 e. The summed E-state index contributed by atoms with van der Waals surface area (Å²) in [6, 6.07) is 11.3. The molecule has 0 amide bonds. The first-order valence-electron chi connectivity index (χ1n) is 5.75. The highest BCUT2D eigenvalue weighted by Crippen LogP contribution is 2.31. The van der Waals surface area contributed by atoms with Gasteiger partial charge in [-0.15, -0.1) is 0 Å². The average Bonchev–Trinajstić information content (AvgIpc) is 2.77. The Kier molecular flexibility index (Phi) is 3.89. The monoisotopic (exact) mass is 452 g/mol. The maximum atomic E-state index is 12.8. The highest BCUT2D eigenvalue weighted by Gasteiger charge is 2.24. The first-order chi connectivity index (χ1) is 9.91. The van der Waals surface area contributed by atoms with Gasteiger partial charge in [-0.2, -0.15) is 0 Å². The Morgan fingerprint density at radius 1 is 1.10 bits per heavy atom. The van der Waals surface area contributed by atoms with E-state index in [-0.39, 0.29) is 15.7 Å². The van der Waals surface area contributed by atoms with Crippen LogP contribution in [0.2, 0.25) is 10.2 Å².